The number of nitrogens with two attached hydrogens (primary N) is 1. The first-order valence-electron chi connectivity index (χ1n) is 9.19. The molecule has 0 radical (unpaired) electrons. The smallest absolute Gasteiger partial charge is 0.348 e. The van der Waals surface area contributed by atoms with Crippen LogP contribution in [-0.4, -0.2) is 41.4 Å². The monoisotopic (exact) mass is 423 g/mol. The first-order chi connectivity index (χ1) is 14.2. The molecule has 0 aliphatic rings. The second kappa shape index (κ2) is 7.12. The number of fused-ring (bicyclic) bond motifs is 1. The van der Waals surface area contributed by atoms with Crippen LogP contribution in [0.25, 0.3) is 27.8 Å². The van der Waals surface area contributed by atoms with E-state index >= 15 is 0 Å². The Morgan fingerprint density at radius 2 is 1.67 bits per heavy atom. The van der Waals surface area contributed by atoms with Gasteiger partial charge in [0.15, 0.2) is 5.65 Å². The summed E-state index contributed by atoms with van der Waals surface area (Å²) in [5, 5.41) is 0.596. The number of H-pyrrole nitrogens is 1. The van der Waals surface area contributed by atoms with Crippen LogP contribution in [0.4, 0.5) is 5.82 Å². The van der Waals surface area contributed by atoms with Crippen LogP contribution in [0.15, 0.2) is 64.4 Å². The number of hydrogen-bond donors (Lipinski definition) is 2. The molecule has 0 unspecified atom stereocenters. The van der Waals surface area contributed by atoms with Gasteiger partial charge in [-0.05, 0) is 36.8 Å². The van der Waals surface area contributed by atoms with Crippen molar-refractivity contribution in [3.63, 3.8) is 0 Å². The van der Waals surface area contributed by atoms with Crippen LogP contribution in [0.5, 0.6) is 0 Å². The largest absolute Gasteiger partial charge is 0.385 e. The number of nitrogens with one attached hydrogen (secondary N) is 1. The summed E-state index contributed by atoms with van der Waals surface area (Å²) in [6.07, 6.45) is 1.85. The number of aromatic nitrogens is 3. The number of nitrogens with zero attached hydrogens (tertiary/aromatic N) is 3. The van der Waals surface area contributed by atoms with Gasteiger partial charge in [0.1, 0.15) is 5.82 Å². The van der Waals surface area contributed by atoms with Crippen molar-refractivity contribution in [1.82, 2.24) is 18.8 Å². The van der Waals surface area contributed by atoms with Gasteiger partial charge >= 0.3 is 5.69 Å². The average Bonchev–Trinajstić information content (AvgIpc) is 3.08. The zero-order valence-corrected chi connectivity index (χ0v) is 17.6. The van der Waals surface area contributed by atoms with Gasteiger partial charge in [0, 0.05) is 31.5 Å². The Morgan fingerprint density at radius 3 is 2.27 bits per heavy atom. The molecule has 9 heteroatoms. The summed E-state index contributed by atoms with van der Waals surface area (Å²) < 4.78 is 27.7. The van der Waals surface area contributed by atoms with Gasteiger partial charge in [-0.2, -0.15) is 4.98 Å². The number of aromatic amines is 1. The minimum Gasteiger partial charge on any atom is -0.385 e. The molecule has 0 spiro atoms. The first kappa shape index (κ1) is 19.9. The maximum atomic E-state index is 12.4. The minimum absolute atomic E-state index is 0.193. The number of aryl methyl sites for hydroxylation is 1. The molecule has 0 amide bonds. The number of sulfonamides is 1. The molecule has 0 aliphatic heterocycles. The zero-order chi connectivity index (χ0) is 21.6. The van der Waals surface area contributed by atoms with Gasteiger partial charge in [-0.25, -0.2) is 17.5 Å². The number of anilines is 1. The molecule has 2 heterocycles. The van der Waals surface area contributed by atoms with E-state index < -0.39 is 15.7 Å². The predicted octanol–water partition coefficient (Wildman–Crippen LogP) is 2.52. The fourth-order valence-corrected chi connectivity index (χ4v) is 4.21. The van der Waals surface area contributed by atoms with Gasteiger partial charge in [0.2, 0.25) is 10.0 Å². The van der Waals surface area contributed by atoms with Crippen molar-refractivity contribution < 1.29 is 8.42 Å². The quantitative estimate of drug-likeness (QED) is 0.524. The Kier molecular flexibility index (Phi) is 4.71. The van der Waals surface area contributed by atoms with Crippen molar-refractivity contribution in [2.24, 2.45) is 0 Å². The van der Waals surface area contributed by atoms with Crippen molar-refractivity contribution in [3.8, 4) is 16.8 Å². The number of nitrogen functional groups attached to an aromatic ring is 1. The van der Waals surface area contributed by atoms with E-state index in [2.05, 4.69) is 9.97 Å². The second-order valence-corrected chi connectivity index (χ2v) is 9.37. The molecule has 2 aromatic carbocycles. The van der Waals surface area contributed by atoms with Gasteiger partial charge in [-0.3, -0.25) is 4.98 Å². The van der Waals surface area contributed by atoms with Gasteiger partial charge in [0.25, 0.3) is 0 Å². The van der Waals surface area contributed by atoms with Crippen LogP contribution in [0.3, 0.4) is 0 Å². The fourth-order valence-electron chi connectivity index (χ4n) is 3.31. The summed E-state index contributed by atoms with van der Waals surface area (Å²) in [6, 6.07) is 14.3. The number of hydrogen-bond acceptors (Lipinski definition) is 5. The molecule has 8 nitrogen and oxygen atoms in total. The molecule has 0 aliphatic carbocycles. The van der Waals surface area contributed by atoms with Gasteiger partial charge in [-0.1, -0.05) is 29.8 Å². The summed E-state index contributed by atoms with van der Waals surface area (Å²) in [5.41, 5.74) is 9.47. The molecule has 154 valence electrons. The van der Waals surface area contributed by atoms with E-state index in [0.29, 0.717) is 11.0 Å². The topological polar surface area (TPSA) is 114 Å². The third-order valence-corrected chi connectivity index (χ3v) is 6.78. The Morgan fingerprint density at radius 1 is 1.03 bits per heavy atom. The van der Waals surface area contributed by atoms with Crippen LogP contribution < -0.4 is 11.4 Å². The van der Waals surface area contributed by atoms with Gasteiger partial charge < -0.3 is 10.3 Å². The van der Waals surface area contributed by atoms with Crippen LogP contribution >= 0.6 is 0 Å². The van der Waals surface area contributed by atoms with E-state index in [9.17, 15) is 13.2 Å². The summed E-state index contributed by atoms with van der Waals surface area (Å²) in [4.78, 5) is 18.8. The molecule has 30 heavy (non-hydrogen) atoms. The molecular formula is C21H21N5O3S. The molecule has 4 aromatic rings. The Balaban J connectivity index is 1.94. The Hall–Kier alpha value is -3.43. The Bertz CT molecular complexity index is 1400. The summed E-state index contributed by atoms with van der Waals surface area (Å²) >= 11 is 0. The highest BCUT2D eigenvalue weighted by atomic mass is 32.2. The SMILES string of the molecule is Cc1ccc(-n2cc(-c3ccc(S(=O)(=O)N(C)C)cc3)c3c(N)[nH]c(=O)nc32)cc1. The highest BCUT2D eigenvalue weighted by Crippen LogP contribution is 2.34. The molecule has 2 aromatic heterocycles. The minimum atomic E-state index is -3.53. The third kappa shape index (κ3) is 3.27. The highest BCUT2D eigenvalue weighted by Gasteiger charge is 2.19. The second-order valence-electron chi connectivity index (χ2n) is 7.21. The zero-order valence-electron chi connectivity index (χ0n) is 16.7. The van der Waals surface area contributed by atoms with E-state index in [-0.39, 0.29) is 10.7 Å². The lowest BCUT2D eigenvalue weighted by Gasteiger charge is -2.11. The van der Waals surface area contributed by atoms with Crippen molar-refractivity contribution in [2.45, 2.75) is 11.8 Å². The predicted molar refractivity (Wildman–Crippen MR) is 117 cm³/mol. The maximum absolute atomic E-state index is 12.4. The summed E-state index contributed by atoms with van der Waals surface area (Å²) in [5.74, 6) is 0.204. The molecule has 0 fully saturated rings. The fraction of sp³-hybridized carbons (Fsp3) is 0.143. The van der Waals surface area contributed by atoms with E-state index in [1.165, 1.54) is 14.1 Å². The number of benzene rings is 2. The molecule has 4 rings (SSSR count). The number of rotatable bonds is 4. The van der Waals surface area contributed by atoms with E-state index in [1.807, 2.05) is 37.4 Å². The van der Waals surface area contributed by atoms with Crippen LogP contribution in [-0.2, 0) is 10.0 Å². The third-order valence-electron chi connectivity index (χ3n) is 4.95. The molecule has 3 N–H and O–H groups in total. The van der Waals surface area contributed by atoms with Crippen molar-refractivity contribution in [3.05, 3.63) is 70.8 Å². The molecular weight excluding hydrogens is 402 g/mol. The maximum Gasteiger partial charge on any atom is 0.348 e. The van der Waals surface area contributed by atoms with E-state index in [1.54, 1.807) is 28.8 Å². The van der Waals surface area contributed by atoms with Crippen molar-refractivity contribution >= 4 is 26.9 Å². The van der Waals surface area contributed by atoms with E-state index in [4.69, 9.17) is 5.73 Å². The molecule has 0 bridgehead atoms. The molecule has 0 saturated heterocycles. The van der Waals surface area contributed by atoms with Gasteiger partial charge in [0.05, 0.1) is 10.3 Å². The van der Waals surface area contributed by atoms with Crippen LogP contribution in [0.1, 0.15) is 5.56 Å². The lowest BCUT2D eigenvalue weighted by molar-refractivity contribution is 0.521. The van der Waals surface area contributed by atoms with Crippen LogP contribution in [0.2, 0.25) is 0 Å². The Labute approximate surface area is 173 Å². The molecule has 0 saturated carbocycles. The molecule has 0 atom stereocenters. The summed E-state index contributed by atoms with van der Waals surface area (Å²) in [7, 11) is -0.556. The van der Waals surface area contributed by atoms with E-state index in [0.717, 1.165) is 26.7 Å². The standard InChI is InChI=1S/C21H21N5O3S/c1-13-4-8-15(9-5-13)26-12-17(18-19(22)23-21(27)24-20(18)26)14-6-10-16(11-7-14)30(28,29)25(2)3/h4-12H,1-3H3,(H3,22,23,24,27). The lowest BCUT2D eigenvalue weighted by Crippen LogP contribution is -2.22. The highest BCUT2D eigenvalue weighted by molar-refractivity contribution is 7.89. The van der Waals surface area contributed by atoms with Crippen LogP contribution in [0, 0.1) is 6.92 Å². The van der Waals surface area contributed by atoms with Crippen molar-refractivity contribution in [2.75, 3.05) is 19.8 Å². The average molecular weight is 423 g/mol. The lowest BCUT2D eigenvalue weighted by atomic mass is 10.1. The first-order valence-corrected chi connectivity index (χ1v) is 10.6. The summed E-state index contributed by atoms with van der Waals surface area (Å²) in [6.45, 7) is 1.99. The normalized spacial score (nSPS) is 12.0. The van der Waals surface area contributed by atoms with Gasteiger partial charge in [-0.15, -0.1) is 0 Å². The van der Waals surface area contributed by atoms with Crippen molar-refractivity contribution in [1.29, 1.82) is 0 Å².